The average Bonchev–Trinajstić information content (AvgIpc) is 2.71. The number of H-pyrrole nitrogens is 1. The summed E-state index contributed by atoms with van der Waals surface area (Å²) in [6.45, 7) is 6.80. The Balaban J connectivity index is 2.26. The summed E-state index contributed by atoms with van der Waals surface area (Å²) in [6.07, 6.45) is 8.77. The summed E-state index contributed by atoms with van der Waals surface area (Å²) in [4.78, 5) is 3.23. The van der Waals surface area contributed by atoms with E-state index in [0.29, 0.717) is 12.0 Å². The van der Waals surface area contributed by atoms with Crippen molar-refractivity contribution in [1.29, 1.82) is 0 Å². The third kappa shape index (κ3) is 2.65. The minimum absolute atomic E-state index is 0.546. The molecule has 3 heteroatoms. The Bertz CT molecular complexity index is 416. The second-order valence-electron chi connectivity index (χ2n) is 5.64. The molecule has 1 heterocycles. The third-order valence-electron chi connectivity index (χ3n) is 4.13. The Morgan fingerprint density at radius 2 is 2.24 bits per heavy atom. The topological polar surface area (TPSA) is 20.7 Å². The van der Waals surface area contributed by atoms with Gasteiger partial charge in [-0.05, 0) is 36.9 Å². The highest BCUT2D eigenvalue weighted by Gasteiger charge is 2.24. The molecule has 2 rings (SSSR count). The number of aromatic nitrogens is 2. The smallest absolute Gasteiger partial charge is 0.177 e. The van der Waals surface area contributed by atoms with Crippen LogP contribution in [0.15, 0.2) is 6.20 Å². The zero-order valence-corrected chi connectivity index (χ0v) is 12.0. The maximum Gasteiger partial charge on any atom is 0.177 e. The maximum absolute atomic E-state index is 5.46. The lowest BCUT2D eigenvalue weighted by atomic mass is 9.84. The van der Waals surface area contributed by atoms with Gasteiger partial charge >= 0.3 is 0 Å². The van der Waals surface area contributed by atoms with Crippen molar-refractivity contribution < 1.29 is 0 Å². The Hall–Kier alpha value is -0.570. The van der Waals surface area contributed by atoms with Gasteiger partial charge in [0.25, 0.3) is 0 Å². The van der Waals surface area contributed by atoms with Gasteiger partial charge in [0.2, 0.25) is 0 Å². The first-order chi connectivity index (χ1) is 8.13. The van der Waals surface area contributed by atoms with Crippen LogP contribution < -0.4 is 0 Å². The van der Waals surface area contributed by atoms with Gasteiger partial charge in [0, 0.05) is 17.9 Å². The molecule has 1 saturated carbocycles. The van der Waals surface area contributed by atoms with Crippen molar-refractivity contribution in [1.82, 2.24) is 9.55 Å². The number of aromatic amines is 1. The van der Waals surface area contributed by atoms with Crippen LogP contribution in [0.4, 0.5) is 0 Å². The summed E-state index contributed by atoms with van der Waals surface area (Å²) < 4.78 is 3.30. The number of nitrogens with one attached hydrogen (secondary N) is 1. The zero-order chi connectivity index (χ0) is 12.4. The Morgan fingerprint density at radius 3 is 2.88 bits per heavy atom. The van der Waals surface area contributed by atoms with Crippen molar-refractivity contribution in [3.8, 4) is 0 Å². The van der Waals surface area contributed by atoms with Crippen LogP contribution in [-0.4, -0.2) is 9.55 Å². The molecule has 96 valence electrons. The summed E-state index contributed by atoms with van der Waals surface area (Å²) in [5.41, 5.74) is 1.37. The van der Waals surface area contributed by atoms with Gasteiger partial charge in [0.15, 0.2) is 4.77 Å². The lowest BCUT2D eigenvalue weighted by Gasteiger charge is -2.31. The standard InChI is InChI=1S/C14H24N2S/c1-4-11-6-5-7-12(8-11)16-13(10(2)3)9-15-14(16)17/h9-12H,4-8H2,1-3H3,(H,15,17). The van der Waals surface area contributed by atoms with E-state index < -0.39 is 0 Å². The van der Waals surface area contributed by atoms with E-state index in [4.69, 9.17) is 12.2 Å². The van der Waals surface area contributed by atoms with E-state index in [1.54, 1.807) is 0 Å². The summed E-state index contributed by atoms with van der Waals surface area (Å²) >= 11 is 5.46. The van der Waals surface area contributed by atoms with Gasteiger partial charge in [0.05, 0.1) is 0 Å². The summed E-state index contributed by atoms with van der Waals surface area (Å²) in [5, 5.41) is 0. The van der Waals surface area contributed by atoms with E-state index in [-0.39, 0.29) is 0 Å². The van der Waals surface area contributed by atoms with Crippen LogP contribution in [0.2, 0.25) is 0 Å². The molecule has 1 aliphatic carbocycles. The van der Waals surface area contributed by atoms with Crippen LogP contribution in [-0.2, 0) is 0 Å². The summed E-state index contributed by atoms with van der Waals surface area (Å²) in [6, 6.07) is 0.629. The first-order valence-corrected chi connectivity index (χ1v) is 7.34. The number of hydrogen-bond donors (Lipinski definition) is 1. The quantitative estimate of drug-likeness (QED) is 0.766. The number of hydrogen-bond acceptors (Lipinski definition) is 1. The molecule has 0 radical (unpaired) electrons. The lowest BCUT2D eigenvalue weighted by Crippen LogP contribution is -2.21. The summed E-state index contributed by atoms with van der Waals surface area (Å²) in [7, 11) is 0. The van der Waals surface area contributed by atoms with Crippen LogP contribution in [0.3, 0.4) is 0 Å². The second kappa shape index (κ2) is 5.38. The molecular weight excluding hydrogens is 228 g/mol. The van der Waals surface area contributed by atoms with E-state index in [9.17, 15) is 0 Å². The highest BCUT2D eigenvalue weighted by atomic mass is 32.1. The highest BCUT2D eigenvalue weighted by molar-refractivity contribution is 7.71. The van der Waals surface area contributed by atoms with Gasteiger partial charge < -0.3 is 9.55 Å². The normalized spacial score (nSPS) is 25.4. The lowest BCUT2D eigenvalue weighted by molar-refractivity contribution is 0.255. The van der Waals surface area contributed by atoms with Gasteiger partial charge in [-0.1, -0.05) is 40.0 Å². The molecule has 0 aromatic carbocycles. The third-order valence-corrected chi connectivity index (χ3v) is 4.44. The van der Waals surface area contributed by atoms with Crippen LogP contribution in [0.1, 0.15) is 70.5 Å². The van der Waals surface area contributed by atoms with Crippen molar-refractivity contribution in [3.05, 3.63) is 16.7 Å². The van der Waals surface area contributed by atoms with E-state index in [2.05, 4.69) is 36.5 Å². The molecule has 0 amide bonds. The minimum atomic E-state index is 0.546. The second-order valence-corrected chi connectivity index (χ2v) is 6.02. The molecule has 2 unspecified atom stereocenters. The van der Waals surface area contributed by atoms with Gasteiger partial charge in [-0.2, -0.15) is 0 Å². The monoisotopic (exact) mass is 252 g/mol. The van der Waals surface area contributed by atoms with Crippen LogP contribution in [0, 0.1) is 10.7 Å². The van der Waals surface area contributed by atoms with Crippen LogP contribution in [0.5, 0.6) is 0 Å². The molecule has 1 aromatic rings. The molecule has 0 aliphatic heterocycles. The van der Waals surface area contributed by atoms with Crippen molar-refractivity contribution in [2.45, 2.75) is 64.8 Å². The van der Waals surface area contributed by atoms with E-state index in [1.807, 2.05) is 0 Å². The van der Waals surface area contributed by atoms with E-state index in [1.165, 1.54) is 37.8 Å². The molecule has 0 spiro atoms. The maximum atomic E-state index is 5.46. The first-order valence-electron chi connectivity index (χ1n) is 6.93. The average molecular weight is 252 g/mol. The van der Waals surface area contributed by atoms with Crippen molar-refractivity contribution >= 4 is 12.2 Å². The molecule has 17 heavy (non-hydrogen) atoms. The van der Waals surface area contributed by atoms with Crippen LogP contribution >= 0.6 is 12.2 Å². The van der Waals surface area contributed by atoms with Crippen molar-refractivity contribution in [3.63, 3.8) is 0 Å². The molecular formula is C14H24N2S. The Labute approximate surface area is 109 Å². The Morgan fingerprint density at radius 1 is 1.47 bits per heavy atom. The zero-order valence-electron chi connectivity index (χ0n) is 11.2. The molecule has 2 atom stereocenters. The van der Waals surface area contributed by atoms with E-state index >= 15 is 0 Å². The minimum Gasteiger partial charge on any atom is -0.337 e. The largest absolute Gasteiger partial charge is 0.337 e. The van der Waals surface area contributed by atoms with Crippen molar-refractivity contribution in [2.75, 3.05) is 0 Å². The molecule has 0 saturated heterocycles. The molecule has 0 bridgehead atoms. The molecule has 2 nitrogen and oxygen atoms in total. The highest BCUT2D eigenvalue weighted by Crippen LogP contribution is 2.36. The summed E-state index contributed by atoms with van der Waals surface area (Å²) in [5.74, 6) is 1.44. The van der Waals surface area contributed by atoms with Crippen LogP contribution in [0.25, 0.3) is 0 Å². The predicted octanol–water partition coefficient (Wildman–Crippen LogP) is 4.81. The molecule has 1 aliphatic rings. The number of rotatable bonds is 3. The van der Waals surface area contributed by atoms with Gasteiger partial charge in [-0.15, -0.1) is 0 Å². The fraction of sp³-hybridized carbons (Fsp3) is 0.786. The first kappa shape index (κ1) is 12.9. The van der Waals surface area contributed by atoms with Gasteiger partial charge in [0.1, 0.15) is 0 Å². The molecule has 1 N–H and O–H groups in total. The van der Waals surface area contributed by atoms with Gasteiger partial charge in [-0.25, -0.2) is 0 Å². The molecule has 1 fully saturated rings. The number of nitrogens with zero attached hydrogens (tertiary/aromatic N) is 1. The van der Waals surface area contributed by atoms with E-state index in [0.717, 1.165) is 10.7 Å². The SMILES string of the molecule is CCC1CCCC(n2c(C(C)C)c[nH]c2=S)C1. The molecule has 1 aromatic heterocycles. The van der Waals surface area contributed by atoms with Gasteiger partial charge in [-0.3, -0.25) is 0 Å². The predicted molar refractivity (Wildman–Crippen MR) is 75.0 cm³/mol. The number of imidazole rings is 1. The fourth-order valence-corrected chi connectivity index (χ4v) is 3.39. The Kier molecular flexibility index (Phi) is 4.08. The fourth-order valence-electron chi connectivity index (χ4n) is 3.08. The van der Waals surface area contributed by atoms with Crippen molar-refractivity contribution in [2.24, 2.45) is 5.92 Å².